The van der Waals surface area contributed by atoms with Crippen LogP contribution in [0.25, 0.3) is 0 Å². The van der Waals surface area contributed by atoms with Crippen molar-refractivity contribution in [3.05, 3.63) is 65.5 Å². The van der Waals surface area contributed by atoms with Crippen molar-refractivity contribution in [2.24, 2.45) is 0 Å². The van der Waals surface area contributed by atoms with Crippen LogP contribution < -0.4 is 10.1 Å². The Kier molecular flexibility index (Phi) is 4.77. The number of aliphatic hydroxyl groups is 1. The molecule has 2 aromatic carbocycles. The Morgan fingerprint density at radius 3 is 2.28 bits per heavy atom. The third-order valence-corrected chi connectivity index (χ3v) is 4.87. The van der Waals surface area contributed by atoms with E-state index >= 15 is 0 Å². The molecule has 2 unspecified atom stereocenters. The largest absolute Gasteiger partial charge is 0.497 e. The lowest BCUT2D eigenvalue weighted by Crippen LogP contribution is -2.43. The number of hydrogen-bond acceptors (Lipinski definition) is 3. The number of ether oxygens (including phenoxy) is 1. The lowest BCUT2D eigenvalue weighted by Gasteiger charge is -2.24. The summed E-state index contributed by atoms with van der Waals surface area (Å²) in [6.45, 7) is 1.77. The van der Waals surface area contributed by atoms with Crippen LogP contribution in [-0.4, -0.2) is 24.2 Å². The predicted octanol–water partition coefficient (Wildman–Crippen LogP) is 3.10. The van der Waals surface area contributed by atoms with Crippen molar-refractivity contribution in [2.75, 3.05) is 7.11 Å². The summed E-state index contributed by atoms with van der Waals surface area (Å²) in [7, 11) is 1.58. The first-order valence-corrected chi connectivity index (χ1v) is 8.35. The maximum atomic E-state index is 13.1. The molecule has 0 aromatic heterocycles. The first-order valence-electron chi connectivity index (χ1n) is 8.35. The number of carbonyl (C=O) groups excluding carboxylic acids is 1. The number of benzene rings is 2. The van der Waals surface area contributed by atoms with Crippen molar-refractivity contribution in [1.29, 1.82) is 0 Å². The molecular weight excluding hydrogens is 321 g/mol. The van der Waals surface area contributed by atoms with E-state index in [0.717, 1.165) is 18.4 Å². The molecule has 0 bridgehead atoms. The highest BCUT2D eigenvalue weighted by atomic mass is 19.1. The van der Waals surface area contributed by atoms with Gasteiger partial charge in [-0.1, -0.05) is 24.3 Å². The highest BCUT2D eigenvalue weighted by molar-refractivity contribution is 5.91. The minimum Gasteiger partial charge on any atom is -0.497 e. The van der Waals surface area contributed by atoms with E-state index in [-0.39, 0.29) is 11.7 Å². The average Bonchev–Trinajstić information content (AvgIpc) is 3.43. The summed E-state index contributed by atoms with van der Waals surface area (Å²) in [4.78, 5) is 12.7. The monoisotopic (exact) mass is 343 g/mol. The van der Waals surface area contributed by atoms with Crippen molar-refractivity contribution < 1.29 is 19.0 Å². The number of methoxy groups -OCH3 is 1. The van der Waals surface area contributed by atoms with E-state index in [1.807, 2.05) is 0 Å². The summed E-state index contributed by atoms with van der Waals surface area (Å²) in [5, 5.41) is 13.4. The lowest BCUT2D eigenvalue weighted by atomic mass is 9.94. The highest BCUT2D eigenvalue weighted by Crippen LogP contribution is 2.48. The molecule has 2 atom stereocenters. The first kappa shape index (κ1) is 17.4. The SMILES string of the molecule is COc1ccc(C(O)C(C)NC(=O)C2(c3ccc(F)cc3)CC2)cc1. The first-order chi connectivity index (χ1) is 12.0. The normalized spacial score (nSPS) is 17.4. The lowest BCUT2D eigenvalue weighted by molar-refractivity contribution is -0.125. The molecule has 2 aromatic rings. The van der Waals surface area contributed by atoms with Gasteiger partial charge in [0.1, 0.15) is 11.6 Å². The minimum absolute atomic E-state index is 0.126. The summed E-state index contributed by atoms with van der Waals surface area (Å²) in [5.41, 5.74) is 0.930. The van der Waals surface area contributed by atoms with Gasteiger partial charge in [0.2, 0.25) is 5.91 Å². The van der Waals surface area contributed by atoms with E-state index < -0.39 is 17.6 Å². The fourth-order valence-corrected chi connectivity index (χ4v) is 3.05. The van der Waals surface area contributed by atoms with Crippen molar-refractivity contribution in [1.82, 2.24) is 5.32 Å². The van der Waals surface area contributed by atoms with Crippen LogP contribution in [0.15, 0.2) is 48.5 Å². The summed E-state index contributed by atoms with van der Waals surface area (Å²) in [5.74, 6) is 0.267. The highest BCUT2D eigenvalue weighted by Gasteiger charge is 2.51. The van der Waals surface area contributed by atoms with Crippen LogP contribution in [-0.2, 0) is 10.2 Å². The molecule has 1 fully saturated rings. The zero-order valence-electron chi connectivity index (χ0n) is 14.3. The molecule has 25 heavy (non-hydrogen) atoms. The predicted molar refractivity (Wildman–Crippen MR) is 92.9 cm³/mol. The standard InChI is InChI=1S/C20H22FNO3/c1-13(18(23)14-3-9-17(25-2)10-4-14)22-19(24)20(11-12-20)15-5-7-16(21)8-6-15/h3-10,13,18,23H,11-12H2,1-2H3,(H,22,24). The molecule has 1 aliphatic rings. The van der Waals surface area contributed by atoms with Gasteiger partial charge in [0.15, 0.2) is 0 Å². The van der Waals surface area contributed by atoms with E-state index in [1.165, 1.54) is 12.1 Å². The maximum Gasteiger partial charge on any atom is 0.230 e. The molecule has 0 spiro atoms. The van der Waals surface area contributed by atoms with Gasteiger partial charge in [0.05, 0.1) is 24.7 Å². The Labute approximate surface area is 146 Å². The molecule has 132 valence electrons. The van der Waals surface area contributed by atoms with Gasteiger partial charge in [-0.25, -0.2) is 4.39 Å². The Balaban J connectivity index is 1.68. The number of carbonyl (C=O) groups is 1. The second-order valence-electron chi connectivity index (χ2n) is 6.57. The fourth-order valence-electron chi connectivity index (χ4n) is 3.05. The topological polar surface area (TPSA) is 58.6 Å². The van der Waals surface area contributed by atoms with Crippen LogP contribution in [0.3, 0.4) is 0 Å². The Morgan fingerprint density at radius 2 is 1.76 bits per heavy atom. The van der Waals surface area contributed by atoms with Crippen LogP contribution >= 0.6 is 0 Å². The smallest absolute Gasteiger partial charge is 0.230 e. The van der Waals surface area contributed by atoms with Crippen LogP contribution in [0.4, 0.5) is 4.39 Å². The van der Waals surface area contributed by atoms with Crippen molar-refractivity contribution in [3.63, 3.8) is 0 Å². The van der Waals surface area contributed by atoms with Gasteiger partial charge in [0.25, 0.3) is 0 Å². The number of amides is 1. The molecule has 0 saturated heterocycles. The molecule has 1 aliphatic carbocycles. The maximum absolute atomic E-state index is 13.1. The molecule has 0 radical (unpaired) electrons. The number of hydrogen-bond donors (Lipinski definition) is 2. The van der Waals surface area contributed by atoms with Gasteiger partial charge in [-0.3, -0.25) is 4.79 Å². The average molecular weight is 343 g/mol. The van der Waals surface area contributed by atoms with E-state index in [0.29, 0.717) is 11.3 Å². The van der Waals surface area contributed by atoms with Gasteiger partial charge in [-0.15, -0.1) is 0 Å². The summed E-state index contributed by atoms with van der Waals surface area (Å²) in [6, 6.07) is 12.7. The Bertz CT molecular complexity index is 739. The molecular formula is C20H22FNO3. The second kappa shape index (κ2) is 6.84. The molecule has 4 nitrogen and oxygen atoms in total. The third-order valence-electron chi connectivity index (χ3n) is 4.87. The van der Waals surface area contributed by atoms with E-state index in [9.17, 15) is 14.3 Å². The zero-order chi connectivity index (χ0) is 18.0. The van der Waals surface area contributed by atoms with Gasteiger partial charge < -0.3 is 15.2 Å². The van der Waals surface area contributed by atoms with E-state index in [4.69, 9.17) is 4.74 Å². The van der Waals surface area contributed by atoms with Crippen LogP contribution in [0.2, 0.25) is 0 Å². The van der Waals surface area contributed by atoms with Crippen LogP contribution in [0.1, 0.15) is 37.0 Å². The van der Waals surface area contributed by atoms with Crippen LogP contribution in [0, 0.1) is 5.82 Å². The van der Waals surface area contributed by atoms with Crippen molar-refractivity contribution in [3.8, 4) is 5.75 Å². The molecule has 2 N–H and O–H groups in total. The van der Waals surface area contributed by atoms with Gasteiger partial charge >= 0.3 is 0 Å². The second-order valence-corrected chi connectivity index (χ2v) is 6.57. The number of nitrogens with one attached hydrogen (secondary N) is 1. The molecule has 1 saturated carbocycles. The van der Waals surface area contributed by atoms with Crippen molar-refractivity contribution in [2.45, 2.75) is 37.3 Å². The fraction of sp³-hybridized carbons (Fsp3) is 0.350. The van der Waals surface area contributed by atoms with Gasteiger partial charge in [-0.05, 0) is 55.2 Å². The Morgan fingerprint density at radius 1 is 1.16 bits per heavy atom. The quantitative estimate of drug-likeness (QED) is 0.847. The van der Waals surface area contributed by atoms with E-state index in [2.05, 4.69) is 5.32 Å². The molecule has 0 aliphatic heterocycles. The molecule has 0 heterocycles. The molecule has 3 rings (SSSR count). The number of halogens is 1. The van der Waals surface area contributed by atoms with Crippen molar-refractivity contribution >= 4 is 5.91 Å². The summed E-state index contributed by atoms with van der Waals surface area (Å²) in [6.07, 6.45) is 0.643. The van der Waals surface area contributed by atoms with Crippen LogP contribution in [0.5, 0.6) is 5.75 Å². The van der Waals surface area contributed by atoms with E-state index in [1.54, 1.807) is 50.4 Å². The number of rotatable bonds is 6. The minimum atomic E-state index is -0.820. The Hall–Kier alpha value is -2.40. The summed E-state index contributed by atoms with van der Waals surface area (Å²) < 4.78 is 18.2. The van der Waals surface area contributed by atoms with Gasteiger partial charge in [0, 0.05) is 0 Å². The number of aliphatic hydroxyl groups excluding tert-OH is 1. The summed E-state index contributed by atoms with van der Waals surface area (Å²) >= 11 is 0. The molecule has 1 amide bonds. The third kappa shape index (κ3) is 3.51. The molecule has 5 heteroatoms. The van der Waals surface area contributed by atoms with Gasteiger partial charge in [-0.2, -0.15) is 0 Å². The zero-order valence-corrected chi connectivity index (χ0v) is 14.3.